The lowest BCUT2D eigenvalue weighted by molar-refractivity contribution is 0.471. The number of aromatic nitrogens is 2. The molecule has 0 saturated heterocycles. The van der Waals surface area contributed by atoms with Gasteiger partial charge >= 0.3 is 0 Å². The molecule has 3 aromatic rings. The fourth-order valence-corrected chi connectivity index (χ4v) is 3.55. The van der Waals surface area contributed by atoms with Gasteiger partial charge in [0, 0.05) is 23.6 Å². The van der Waals surface area contributed by atoms with Crippen molar-refractivity contribution in [3.8, 4) is 17.2 Å². The molecule has 26 heavy (non-hydrogen) atoms. The molecule has 2 aromatic carbocycles. The van der Waals surface area contributed by atoms with Crippen LogP contribution in [0.4, 0.5) is 0 Å². The first kappa shape index (κ1) is 18.2. The minimum atomic E-state index is -3.81. The highest BCUT2D eigenvalue weighted by molar-refractivity contribution is 7.89. The molecule has 3 rings (SSSR count). The van der Waals surface area contributed by atoms with E-state index >= 15 is 0 Å². The quantitative estimate of drug-likeness (QED) is 0.687. The van der Waals surface area contributed by atoms with Crippen LogP contribution in [-0.4, -0.2) is 18.0 Å². The smallest absolute Gasteiger partial charge is 0.238 e. The minimum Gasteiger partial charge on any atom is -0.457 e. The molecule has 0 bridgehead atoms. The van der Waals surface area contributed by atoms with Crippen molar-refractivity contribution in [3.05, 3.63) is 66.7 Å². The molecule has 0 unspecified atom stereocenters. The Morgan fingerprint density at radius 1 is 1.15 bits per heavy atom. The summed E-state index contributed by atoms with van der Waals surface area (Å²) in [6.45, 7) is 2.05. The third kappa shape index (κ3) is 4.12. The highest BCUT2D eigenvalue weighted by Gasteiger charge is 2.18. The third-order valence-corrected chi connectivity index (χ3v) is 5.04. The van der Waals surface area contributed by atoms with E-state index in [0.29, 0.717) is 23.5 Å². The Bertz CT molecular complexity index is 966. The second-order valence-electron chi connectivity index (χ2n) is 5.95. The Balaban J connectivity index is 1.91. The van der Waals surface area contributed by atoms with E-state index in [1.165, 1.54) is 6.07 Å². The van der Waals surface area contributed by atoms with Gasteiger partial charge in [0.2, 0.25) is 10.0 Å². The highest BCUT2D eigenvalue weighted by atomic mass is 32.2. The number of sulfonamides is 1. The molecular formula is C19H21N3O3S. The van der Waals surface area contributed by atoms with Crippen molar-refractivity contribution >= 4 is 10.0 Å². The lowest BCUT2D eigenvalue weighted by Crippen LogP contribution is -2.15. The average molecular weight is 371 g/mol. The summed E-state index contributed by atoms with van der Waals surface area (Å²) in [5, 5.41) is 5.37. The molecule has 0 saturated carbocycles. The van der Waals surface area contributed by atoms with Crippen molar-refractivity contribution in [1.29, 1.82) is 0 Å². The number of primary sulfonamides is 1. The molecule has 0 spiro atoms. The third-order valence-electron chi connectivity index (χ3n) is 4.04. The number of unbranched alkanes of at least 4 members (excludes halogenated alkanes) is 1. The molecule has 0 atom stereocenters. The van der Waals surface area contributed by atoms with E-state index in [9.17, 15) is 8.42 Å². The molecule has 0 radical (unpaired) electrons. The van der Waals surface area contributed by atoms with E-state index in [1.807, 2.05) is 35.0 Å². The predicted molar refractivity (Wildman–Crippen MR) is 100 cm³/mol. The van der Waals surface area contributed by atoms with E-state index in [2.05, 4.69) is 11.9 Å². The zero-order valence-electron chi connectivity index (χ0n) is 14.5. The first-order chi connectivity index (χ1) is 12.5. The van der Waals surface area contributed by atoms with Crippen LogP contribution in [0.5, 0.6) is 11.5 Å². The summed E-state index contributed by atoms with van der Waals surface area (Å²) >= 11 is 0. The Kier molecular flexibility index (Phi) is 5.39. The van der Waals surface area contributed by atoms with Crippen molar-refractivity contribution in [2.75, 3.05) is 0 Å². The molecule has 6 nitrogen and oxygen atoms in total. The summed E-state index contributed by atoms with van der Waals surface area (Å²) < 4.78 is 31.7. The van der Waals surface area contributed by atoms with Gasteiger partial charge in [0.25, 0.3) is 0 Å². The van der Waals surface area contributed by atoms with Crippen molar-refractivity contribution < 1.29 is 13.2 Å². The maximum absolute atomic E-state index is 11.9. The monoisotopic (exact) mass is 371 g/mol. The lowest BCUT2D eigenvalue weighted by atomic mass is 10.1. The van der Waals surface area contributed by atoms with Gasteiger partial charge in [-0.3, -0.25) is 0 Å². The van der Waals surface area contributed by atoms with Crippen LogP contribution >= 0.6 is 0 Å². The zero-order valence-corrected chi connectivity index (χ0v) is 15.3. The van der Waals surface area contributed by atoms with Gasteiger partial charge in [-0.2, -0.15) is 0 Å². The van der Waals surface area contributed by atoms with Gasteiger partial charge in [-0.25, -0.2) is 18.5 Å². The fourth-order valence-electron chi connectivity index (χ4n) is 2.73. The molecule has 0 fully saturated rings. The predicted octanol–water partition coefficient (Wildman–Crippen LogP) is 3.65. The Labute approximate surface area is 153 Å². The standard InChI is InChI=1S/C19H21N3O3S/c1-2-3-5-17-18(6-4-7-19(17)26(20,23)24)25-16-10-8-15(9-11-16)22-13-12-21-14-22/h4,6-14H,2-3,5H2,1H3,(H2,20,23,24). The number of imidazole rings is 1. The summed E-state index contributed by atoms with van der Waals surface area (Å²) in [5.41, 5.74) is 1.58. The normalized spacial score (nSPS) is 11.5. The first-order valence-corrected chi connectivity index (χ1v) is 9.94. The number of hydrogen-bond donors (Lipinski definition) is 1. The van der Waals surface area contributed by atoms with Gasteiger partial charge in [0.05, 0.1) is 11.2 Å². The molecule has 0 aliphatic carbocycles. The van der Waals surface area contributed by atoms with E-state index in [4.69, 9.17) is 9.88 Å². The second-order valence-corrected chi connectivity index (χ2v) is 7.48. The number of benzene rings is 2. The van der Waals surface area contributed by atoms with Crippen molar-refractivity contribution in [1.82, 2.24) is 9.55 Å². The number of rotatable bonds is 7. The molecule has 0 aliphatic rings. The zero-order chi connectivity index (χ0) is 18.6. The van der Waals surface area contributed by atoms with Crippen LogP contribution < -0.4 is 9.88 Å². The van der Waals surface area contributed by atoms with Gasteiger partial charge in [-0.1, -0.05) is 19.4 Å². The molecule has 7 heteroatoms. The Hall–Kier alpha value is -2.64. The molecular weight excluding hydrogens is 350 g/mol. The van der Waals surface area contributed by atoms with Gasteiger partial charge < -0.3 is 9.30 Å². The lowest BCUT2D eigenvalue weighted by Gasteiger charge is -2.14. The van der Waals surface area contributed by atoms with Crippen LogP contribution in [0, 0.1) is 0 Å². The molecule has 1 aromatic heterocycles. The maximum atomic E-state index is 11.9. The first-order valence-electron chi connectivity index (χ1n) is 8.40. The van der Waals surface area contributed by atoms with Crippen LogP contribution in [0.1, 0.15) is 25.3 Å². The number of hydrogen-bond acceptors (Lipinski definition) is 4. The number of ether oxygens (including phenoxy) is 1. The molecule has 0 aliphatic heterocycles. The van der Waals surface area contributed by atoms with Crippen LogP contribution in [0.3, 0.4) is 0 Å². The van der Waals surface area contributed by atoms with E-state index in [0.717, 1.165) is 18.5 Å². The minimum absolute atomic E-state index is 0.124. The Morgan fingerprint density at radius 3 is 2.54 bits per heavy atom. The fraction of sp³-hybridized carbons (Fsp3) is 0.211. The number of nitrogens with zero attached hydrogens (tertiary/aromatic N) is 2. The summed E-state index contributed by atoms with van der Waals surface area (Å²) in [5.74, 6) is 1.14. The van der Waals surface area contributed by atoms with E-state index in [-0.39, 0.29) is 4.90 Å². The van der Waals surface area contributed by atoms with E-state index in [1.54, 1.807) is 24.7 Å². The maximum Gasteiger partial charge on any atom is 0.238 e. The topological polar surface area (TPSA) is 87.2 Å². The molecule has 0 amide bonds. The largest absolute Gasteiger partial charge is 0.457 e. The second kappa shape index (κ2) is 7.72. The van der Waals surface area contributed by atoms with Crippen LogP contribution in [-0.2, 0) is 16.4 Å². The highest BCUT2D eigenvalue weighted by Crippen LogP contribution is 2.31. The molecule has 2 N–H and O–H groups in total. The van der Waals surface area contributed by atoms with Crippen LogP contribution in [0.15, 0.2) is 66.1 Å². The van der Waals surface area contributed by atoms with Crippen LogP contribution in [0.25, 0.3) is 5.69 Å². The molecule has 1 heterocycles. The van der Waals surface area contributed by atoms with Gasteiger partial charge in [0.15, 0.2) is 0 Å². The van der Waals surface area contributed by atoms with Gasteiger partial charge in [-0.05, 0) is 49.2 Å². The summed E-state index contributed by atoms with van der Waals surface area (Å²) in [6, 6.07) is 12.4. The average Bonchev–Trinajstić information content (AvgIpc) is 3.15. The summed E-state index contributed by atoms with van der Waals surface area (Å²) in [4.78, 5) is 4.15. The van der Waals surface area contributed by atoms with Gasteiger partial charge in [-0.15, -0.1) is 0 Å². The van der Waals surface area contributed by atoms with Crippen molar-refractivity contribution in [2.45, 2.75) is 31.1 Å². The van der Waals surface area contributed by atoms with E-state index < -0.39 is 10.0 Å². The van der Waals surface area contributed by atoms with Crippen LogP contribution in [0.2, 0.25) is 0 Å². The molecule has 136 valence electrons. The Morgan fingerprint density at radius 2 is 1.92 bits per heavy atom. The van der Waals surface area contributed by atoms with Gasteiger partial charge in [0.1, 0.15) is 11.5 Å². The SMILES string of the molecule is CCCCc1c(Oc2ccc(-n3ccnc3)cc2)cccc1S(N)(=O)=O. The summed E-state index contributed by atoms with van der Waals surface area (Å²) in [6.07, 6.45) is 7.66. The number of nitrogens with two attached hydrogens (primary N) is 1. The summed E-state index contributed by atoms with van der Waals surface area (Å²) in [7, 11) is -3.81. The van der Waals surface area contributed by atoms with Crippen molar-refractivity contribution in [3.63, 3.8) is 0 Å². The van der Waals surface area contributed by atoms with Crippen molar-refractivity contribution in [2.24, 2.45) is 5.14 Å².